The topological polar surface area (TPSA) is 100 Å². The summed E-state index contributed by atoms with van der Waals surface area (Å²) in [6.45, 7) is 0. The molecule has 0 aliphatic carbocycles. The Morgan fingerprint density at radius 3 is 1.86 bits per heavy atom. The van der Waals surface area contributed by atoms with Gasteiger partial charge < -0.3 is 8.92 Å². The zero-order valence-electron chi connectivity index (χ0n) is 14.2. The van der Waals surface area contributed by atoms with Crippen LogP contribution in [0.25, 0.3) is 0 Å². The molecular weight excluding hydrogens is 400 g/mol. The molecule has 3 aromatic carbocycles. The number of hydrogen-bond acceptors (Lipinski definition) is 6. The van der Waals surface area contributed by atoms with Crippen molar-refractivity contribution in [3.05, 3.63) is 82.9 Å². The smallest absolute Gasteiger partial charge is 0.339 e. The largest absolute Gasteiger partial charge is 0.455 e. The van der Waals surface area contributed by atoms with Crippen molar-refractivity contribution >= 4 is 21.7 Å². The third kappa shape index (κ3) is 4.24. The van der Waals surface area contributed by atoms with Crippen molar-refractivity contribution in [1.29, 1.82) is 10.5 Å². The first-order valence-corrected chi connectivity index (χ1v) is 9.63. The Hall–Kier alpha value is -3.52. The predicted octanol–water partition coefficient (Wildman–Crippen LogP) is 4.64. The molecule has 6 nitrogen and oxygen atoms in total. The molecule has 0 saturated heterocycles. The Morgan fingerprint density at radius 2 is 1.32 bits per heavy atom. The van der Waals surface area contributed by atoms with E-state index in [1.54, 1.807) is 6.07 Å². The van der Waals surface area contributed by atoms with Crippen molar-refractivity contribution in [2.24, 2.45) is 0 Å². The molecule has 0 bridgehead atoms. The SMILES string of the molecule is N#Cc1cccc(C#N)c1Oc1ccc(S(=O)(=O)Oc2ccc(Cl)cc2)cc1. The maximum atomic E-state index is 12.4. The molecule has 0 radical (unpaired) electrons. The van der Waals surface area contributed by atoms with Crippen molar-refractivity contribution in [3.8, 4) is 29.4 Å². The first kappa shape index (κ1) is 19.2. The van der Waals surface area contributed by atoms with E-state index >= 15 is 0 Å². The number of halogens is 1. The van der Waals surface area contributed by atoms with Gasteiger partial charge in [-0.05, 0) is 60.7 Å². The minimum absolute atomic E-state index is 0.0797. The van der Waals surface area contributed by atoms with E-state index in [1.807, 2.05) is 12.1 Å². The Morgan fingerprint density at radius 1 is 0.786 bits per heavy atom. The van der Waals surface area contributed by atoms with E-state index in [1.165, 1.54) is 60.7 Å². The van der Waals surface area contributed by atoms with Crippen LogP contribution in [0.4, 0.5) is 0 Å². The minimum atomic E-state index is -4.04. The summed E-state index contributed by atoms with van der Waals surface area (Å²) in [5.74, 6) is 0.511. The Balaban J connectivity index is 1.84. The molecule has 0 spiro atoms. The summed E-state index contributed by atoms with van der Waals surface area (Å²) in [5.41, 5.74) is 0.392. The molecule has 0 heterocycles. The molecule has 3 rings (SSSR count). The van der Waals surface area contributed by atoms with Crippen LogP contribution in [-0.4, -0.2) is 8.42 Å². The molecule has 0 N–H and O–H groups in total. The number of benzene rings is 3. The van der Waals surface area contributed by atoms with Crippen LogP contribution < -0.4 is 8.92 Å². The highest BCUT2D eigenvalue weighted by molar-refractivity contribution is 7.87. The first-order chi connectivity index (χ1) is 13.4. The van der Waals surface area contributed by atoms with Gasteiger partial charge in [0.05, 0.1) is 11.1 Å². The fourth-order valence-electron chi connectivity index (χ4n) is 2.28. The van der Waals surface area contributed by atoms with E-state index < -0.39 is 10.1 Å². The van der Waals surface area contributed by atoms with Gasteiger partial charge in [-0.2, -0.15) is 18.9 Å². The van der Waals surface area contributed by atoms with Gasteiger partial charge in [0.1, 0.15) is 28.5 Å². The minimum Gasteiger partial charge on any atom is -0.455 e. The third-order valence-corrected chi connectivity index (χ3v) is 5.12. The van der Waals surface area contributed by atoms with Crippen molar-refractivity contribution in [2.45, 2.75) is 4.90 Å². The second-order valence-electron chi connectivity index (χ2n) is 5.47. The number of hydrogen-bond donors (Lipinski definition) is 0. The third-order valence-electron chi connectivity index (χ3n) is 3.61. The van der Waals surface area contributed by atoms with Gasteiger partial charge in [-0.15, -0.1) is 0 Å². The normalized spacial score (nSPS) is 10.5. The highest BCUT2D eigenvalue weighted by Gasteiger charge is 2.17. The molecular formula is C20H11ClN2O4S. The number of nitrogens with zero attached hydrogens (tertiary/aromatic N) is 2. The van der Waals surface area contributed by atoms with Crippen molar-refractivity contribution in [2.75, 3.05) is 0 Å². The number of ether oxygens (including phenoxy) is 1. The zero-order chi connectivity index (χ0) is 20.1. The van der Waals surface area contributed by atoms with E-state index in [2.05, 4.69) is 0 Å². The fraction of sp³-hybridized carbons (Fsp3) is 0. The van der Waals surface area contributed by atoms with Crippen molar-refractivity contribution < 1.29 is 17.3 Å². The quantitative estimate of drug-likeness (QED) is 0.568. The average molecular weight is 411 g/mol. The highest BCUT2D eigenvalue weighted by Crippen LogP contribution is 2.30. The fourth-order valence-corrected chi connectivity index (χ4v) is 3.34. The van der Waals surface area contributed by atoms with Crippen LogP contribution in [-0.2, 0) is 10.1 Å². The summed E-state index contributed by atoms with van der Waals surface area (Å²) in [6.07, 6.45) is 0. The lowest BCUT2D eigenvalue weighted by molar-refractivity contribution is 0.477. The van der Waals surface area contributed by atoms with Crippen LogP contribution in [0.5, 0.6) is 17.2 Å². The molecule has 28 heavy (non-hydrogen) atoms. The molecule has 138 valence electrons. The second kappa shape index (κ2) is 8.01. The lowest BCUT2D eigenvalue weighted by Gasteiger charge is -2.10. The average Bonchev–Trinajstić information content (AvgIpc) is 2.70. The van der Waals surface area contributed by atoms with E-state index in [0.29, 0.717) is 5.02 Å². The van der Waals surface area contributed by atoms with E-state index in [4.69, 9.17) is 20.5 Å². The van der Waals surface area contributed by atoms with Crippen LogP contribution in [0.15, 0.2) is 71.6 Å². The lowest BCUT2D eigenvalue weighted by atomic mass is 10.1. The molecule has 0 atom stereocenters. The Labute approximate surface area is 166 Å². The van der Waals surface area contributed by atoms with Crippen LogP contribution >= 0.6 is 11.6 Å². The Kier molecular flexibility index (Phi) is 5.51. The molecule has 0 amide bonds. The van der Waals surface area contributed by atoms with Gasteiger partial charge in [-0.3, -0.25) is 0 Å². The van der Waals surface area contributed by atoms with Gasteiger partial charge >= 0.3 is 10.1 Å². The van der Waals surface area contributed by atoms with Crippen LogP contribution in [0.2, 0.25) is 5.02 Å². The predicted molar refractivity (Wildman–Crippen MR) is 102 cm³/mol. The molecule has 0 unspecified atom stereocenters. The van der Waals surface area contributed by atoms with Gasteiger partial charge in [-0.25, -0.2) is 0 Å². The summed E-state index contributed by atoms with van der Waals surface area (Å²) in [5, 5.41) is 18.8. The van der Waals surface area contributed by atoms with Crippen LogP contribution in [0.1, 0.15) is 11.1 Å². The molecule has 0 aromatic heterocycles. The highest BCUT2D eigenvalue weighted by atomic mass is 35.5. The summed E-state index contributed by atoms with van der Waals surface area (Å²) in [7, 11) is -4.04. The molecule has 0 aliphatic rings. The second-order valence-corrected chi connectivity index (χ2v) is 7.45. The molecule has 0 aliphatic heterocycles. The van der Waals surface area contributed by atoms with Crippen LogP contribution in [0.3, 0.4) is 0 Å². The van der Waals surface area contributed by atoms with Gasteiger partial charge in [0.15, 0.2) is 5.75 Å². The lowest BCUT2D eigenvalue weighted by Crippen LogP contribution is -2.09. The van der Waals surface area contributed by atoms with E-state index in [9.17, 15) is 18.9 Å². The molecule has 8 heteroatoms. The summed E-state index contributed by atoms with van der Waals surface area (Å²) < 4.78 is 35.4. The summed E-state index contributed by atoms with van der Waals surface area (Å²) in [6, 6.07) is 19.9. The first-order valence-electron chi connectivity index (χ1n) is 7.84. The zero-order valence-corrected chi connectivity index (χ0v) is 15.7. The summed E-state index contributed by atoms with van der Waals surface area (Å²) >= 11 is 5.77. The van der Waals surface area contributed by atoms with E-state index in [-0.39, 0.29) is 33.3 Å². The number of nitriles is 2. The summed E-state index contributed by atoms with van der Waals surface area (Å²) in [4.78, 5) is -0.0797. The number of rotatable bonds is 5. The standard InChI is InChI=1S/C20H11ClN2O4S/c21-16-4-6-18(7-5-16)27-28(24,25)19-10-8-17(9-11-19)26-20-14(12-22)2-1-3-15(20)13-23/h1-11H. The Bertz CT molecular complexity index is 1160. The van der Waals surface area contributed by atoms with Crippen molar-refractivity contribution in [3.63, 3.8) is 0 Å². The van der Waals surface area contributed by atoms with Gasteiger partial charge in [0, 0.05) is 5.02 Å². The van der Waals surface area contributed by atoms with Gasteiger partial charge in [-0.1, -0.05) is 17.7 Å². The maximum absolute atomic E-state index is 12.4. The monoisotopic (exact) mass is 410 g/mol. The molecule has 3 aromatic rings. The maximum Gasteiger partial charge on any atom is 0.339 e. The van der Waals surface area contributed by atoms with Crippen LogP contribution in [0, 0.1) is 22.7 Å². The van der Waals surface area contributed by atoms with E-state index in [0.717, 1.165) is 0 Å². The number of para-hydroxylation sites is 1. The van der Waals surface area contributed by atoms with Gasteiger partial charge in [0.2, 0.25) is 0 Å². The van der Waals surface area contributed by atoms with Gasteiger partial charge in [0.25, 0.3) is 0 Å². The van der Waals surface area contributed by atoms with Crippen molar-refractivity contribution in [1.82, 2.24) is 0 Å². The molecule has 0 saturated carbocycles. The molecule has 0 fully saturated rings.